The minimum atomic E-state index is -0.939. The van der Waals surface area contributed by atoms with Crippen LogP contribution in [0, 0.1) is 12.5 Å². The third kappa shape index (κ3) is 8.41. The predicted molar refractivity (Wildman–Crippen MR) is 119 cm³/mol. The van der Waals surface area contributed by atoms with E-state index in [-0.39, 0.29) is 12.5 Å². The van der Waals surface area contributed by atoms with Gasteiger partial charge >= 0.3 is 6.03 Å². The molecule has 1 radical (unpaired) electrons. The second-order valence-electron chi connectivity index (χ2n) is 7.86. The van der Waals surface area contributed by atoms with E-state index in [1.165, 1.54) is 11.8 Å². The van der Waals surface area contributed by atoms with Crippen LogP contribution in [-0.2, 0) is 16.1 Å². The number of unbranched alkanes of at least 4 members (excludes halogenated alkanes) is 1. The highest BCUT2D eigenvalue weighted by Gasteiger charge is 2.24. The zero-order valence-corrected chi connectivity index (χ0v) is 18.5. The SMILES string of the molecule is CCCCc1ccc(C(=O)N[C@@H](CNC(=O)N2C=CCO2)C(=O)N[CH]CC(C)C)cc1. The van der Waals surface area contributed by atoms with Gasteiger partial charge < -0.3 is 16.0 Å². The fraction of sp³-hybridized carbons (Fsp3) is 0.478. The Morgan fingerprint density at radius 2 is 1.94 bits per heavy atom. The fourth-order valence-electron chi connectivity index (χ4n) is 2.85. The maximum absolute atomic E-state index is 12.7. The van der Waals surface area contributed by atoms with Crippen molar-refractivity contribution in [2.75, 3.05) is 13.2 Å². The molecule has 1 heterocycles. The first kappa shape index (κ1) is 24.4. The minimum absolute atomic E-state index is 0.0752. The molecule has 1 atom stereocenters. The Morgan fingerprint density at radius 3 is 2.55 bits per heavy atom. The number of benzene rings is 1. The van der Waals surface area contributed by atoms with E-state index in [9.17, 15) is 14.4 Å². The van der Waals surface area contributed by atoms with Crippen LogP contribution in [-0.4, -0.2) is 42.1 Å². The summed E-state index contributed by atoms with van der Waals surface area (Å²) in [5.74, 6) is -0.386. The average Bonchev–Trinajstić information content (AvgIpc) is 3.30. The topological polar surface area (TPSA) is 99.8 Å². The van der Waals surface area contributed by atoms with E-state index in [1.54, 1.807) is 24.8 Å². The van der Waals surface area contributed by atoms with Crippen molar-refractivity contribution < 1.29 is 19.2 Å². The summed E-state index contributed by atoms with van der Waals surface area (Å²) in [5, 5.41) is 9.09. The van der Waals surface area contributed by atoms with Gasteiger partial charge in [-0.25, -0.2) is 4.79 Å². The maximum atomic E-state index is 12.7. The molecule has 1 aliphatic heterocycles. The second kappa shape index (κ2) is 12.7. The molecule has 0 aromatic heterocycles. The molecule has 8 heteroatoms. The molecule has 0 saturated heterocycles. The van der Waals surface area contributed by atoms with Gasteiger partial charge in [0.15, 0.2) is 0 Å². The molecule has 0 unspecified atom stereocenters. The molecule has 0 saturated carbocycles. The first-order valence-corrected chi connectivity index (χ1v) is 10.8. The van der Waals surface area contributed by atoms with Crippen molar-refractivity contribution in [3.8, 4) is 0 Å². The number of aryl methyl sites for hydroxylation is 1. The third-order valence-corrected chi connectivity index (χ3v) is 4.70. The molecule has 8 nitrogen and oxygen atoms in total. The van der Waals surface area contributed by atoms with Gasteiger partial charge in [0.25, 0.3) is 5.91 Å². The number of nitrogens with one attached hydrogen (secondary N) is 3. The molecule has 0 fully saturated rings. The maximum Gasteiger partial charge on any atom is 0.345 e. The van der Waals surface area contributed by atoms with Gasteiger partial charge in [-0.1, -0.05) is 39.3 Å². The summed E-state index contributed by atoms with van der Waals surface area (Å²) in [7, 11) is 0. The largest absolute Gasteiger partial charge is 0.349 e. The smallest absolute Gasteiger partial charge is 0.345 e. The van der Waals surface area contributed by atoms with Gasteiger partial charge in [-0.2, -0.15) is 5.06 Å². The number of hydroxylamine groups is 2. The Bertz CT molecular complexity index is 761. The molecule has 169 valence electrons. The lowest BCUT2D eigenvalue weighted by Crippen LogP contribution is -2.53. The van der Waals surface area contributed by atoms with Crippen LogP contribution in [0.2, 0.25) is 0 Å². The van der Waals surface area contributed by atoms with Gasteiger partial charge in [0.2, 0.25) is 5.91 Å². The van der Waals surface area contributed by atoms with E-state index in [2.05, 4.69) is 22.9 Å². The first-order valence-electron chi connectivity index (χ1n) is 10.8. The summed E-state index contributed by atoms with van der Waals surface area (Å²) in [6.07, 6.45) is 7.06. The Balaban J connectivity index is 1.98. The van der Waals surface area contributed by atoms with Gasteiger partial charge in [0.1, 0.15) is 6.04 Å². The van der Waals surface area contributed by atoms with E-state index in [0.717, 1.165) is 24.3 Å². The zero-order chi connectivity index (χ0) is 22.6. The number of carbonyl (C=O) groups excluding carboxylic acids is 3. The van der Waals surface area contributed by atoms with Gasteiger partial charge in [0.05, 0.1) is 6.61 Å². The lowest BCUT2D eigenvalue weighted by molar-refractivity contribution is -0.122. The summed E-state index contributed by atoms with van der Waals surface area (Å²) < 4.78 is 0. The molecule has 1 aromatic rings. The molecule has 0 spiro atoms. The molecule has 31 heavy (non-hydrogen) atoms. The highest BCUT2D eigenvalue weighted by Crippen LogP contribution is 2.09. The number of carbonyl (C=O) groups is 3. The molecule has 3 N–H and O–H groups in total. The Hall–Kier alpha value is -2.87. The Morgan fingerprint density at radius 1 is 1.19 bits per heavy atom. The summed E-state index contributed by atoms with van der Waals surface area (Å²) in [6, 6.07) is 5.91. The standard InChI is InChI=1S/C23H33N4O4/c1-4-5-7-18-8-10-19(11-9-18)21(28)26-20(22(29)24-13-12-17(2)3)16-25-23(30)27-14-6-15-31-27/h6,8-11,13-14,17,20H,4-5,7,12,15-16H2,1-3H3,(H,24,29)(H,25,30)(H,26,28)/t20-/m0/s1. The van der Waals surface area contributed by atoms with Crippen LogP contribution in [0.25, 0.3) is 0 Å². The number of rotatable bonds is 11. The van der Waals surface area contributed by atoms with Crippen LogP contribution in [0.15, 0.2) is 36.5 Å². The fourth-order valence-corrected chi connectivity index (χ4v) is 2.85. The summed E-state index contributed by atoms with van der Waals surface area (Å²) >= 11 is 0. The Kier molecular flexibility index (Phi) is 10.0. The van der Waals surface area contributed by atoms with Crippen LogP contribution in [0.3, 0.4) is 0 Å². The molecular weight excluding hydrogens is 396 g/mol. The van der Waals surface area contributed by atoms with Crippen LogP contribution in [0.5, 0.6) is 0 Å². The third-order valence-electron chi connectivity index (χ3n) is 4.70. The van der Waals surface area contributed by atoms with Crippen LogP contribution < -0.4 is 16.0 Å². The van der Waals surface area contributed by atoms with Crippen LogP contribution >= 0.6 is 0 Å². The molecular formula is C23H33N4O4. The monoisotopic (exact) mass is 429 g/mol. The molecule has 1 aliphatic rings. The second-order valence-corrected chi connectivity index (χ2v) is 7.86. The average molecular weight is 430 g/mol. The highest BCUT2D eigenvalue weighted by atomic mass is 16.7. The summed E-state index contributed by atoms with van der Waals surface area (Å²) in [5.41, 5.74) is 1.63. The predicted octanol–water partition coefficient (Wildman–Crippen LogP) is 2.92. The molecule has 2 rings (SSSR count). The number of nitrogens with zero attached hydrogens (tertiary/aromatic N) is 1. The number of hydrogen-bond donors (Lipinski definition) is 3. The Labute approximate surface area is 184 Å². The lowest BCUT2D eigenvalue weighted by Gasteiger charge is -2.21. The molecule has 1 aromatic carbocycles. The number of hydrogen-bond acceptors (Lipinski definition) is 4. The van der Waals surface area contributed by atoms with Crippen molar-refractivity contribution in [1.82, 2.24) is 21.0 Å². The van der Waals surface area contributed by atoms with Crippen LogP contribution in [0.4, 0.5) is 4.79 Å². The summed E-state index contributed by atoms with van der Waals surface area (Å²) in [4.78, 5) is 42.6. The van der Waals surface area contributed by atoms with Gasteiger partial charge in [-0.15, -0.1) is 0 Å². The van der Waals surface area contributed by atoms with E-state index in [1.807, 2.05) is 26.0 Å². The number of amides is 4. The van der Waals surface area contributed by atoms with Crippen molar-refractivity contribution in [2.24, 2.45) is 5.92 Å². The van der Waals surface area contributed by atoms with Crippen molar-refractivity contribution >= 4 is 17.8 Å². The molecule has 4 amide bonds. The van der Waals surface area contributed by atoms with Crippen molar-refractivity contribution in [1.29, 1.82) is 0 Å². The first-order chi connectivity index (χ1) is 14.9. The highest BCUT2D eigenvalue weighted by molar-refractivity contribution is 5.97. The lowest BCUT2D eigenvalue weighted by atomic mass is 10.1. The van der Waals surface area contributed by atoms with Gasteiger partial charge in [0, 0.05) is 24.9 Å². The van der Waals surface area contributed by atoms with E-state index in [4.69, 9.17) is 4.84 Å². The van der Waals surface area contributed by atoms with Crippen LogP contribution in [0.1, 0.15) is 56.0 Å². The van der Waals surface area contributed by atoms with Crippen molar-refractivity contribution in [3.63, 3.8) is 0 Å². The molecule has 0 aliphatic carbocycles. The number of urea groups is 1. The zero-order valence-electron chi connectivity index (χ0n) is 18.5. The van der Waals surface area contributed by atoms with E-state index in [0.29, 0.717) is 24.5 Å². The van der Waals surface area contributed by atoms with Crippen molar-refractivity contribution in [2.45, 2.75) is 52.5 Å². The quantitative estimate of drug-likeness (QED) is 0.504. The minimum Gasteiger partial charge on any atom is -0.349 e. The van der Waals surface area contributed by atoms with Gasteiger partial charge in [-0.3, -0.25) is 14.4 Å². The van der Waals surface area contributed by atoms with Gasteiger partial charge in [-0.05, 0) is 49.0 Å². The normalized spacial score (nSPS) is 13.9. The summed E-state index contributed by atoms with van der Waals surface area (Å²) in [6.45, 7) is 8.12. The molecule has 0 bridgehead atoms. The van der Waals surface area contributed by atoms with E-state index < -0.39 is 18.0 Å². The van der Waals surface area contributed by atoms with E-state index >= 15 is 0 Å². The van der Waals surface area contributed by atoms with Crippen molar-refractivity contribution in [3.05, 3.63) is 54.2 Å².